The fourth-order valence-electron chi connectivity index (χ4n) is 2.46. The third-order valence-corrected chi connectivity index (χ3v) is 5.08. The van der Waals surface area contributed by atoms with Gasteiger partial charge in [-0.15, -0.1) is 0 Å². The van der Waals surface area contributed by atoms with Gasteiger partial charge in [0.1, 0.15) is 5.54 Å². The van der Waals surface area contributed by atoms with Crippen LogP contribution in [0.1, 0.15) is 31.2 Å². The van der Waals surface area contributed by atoms with Crippen LogP contribution < -0.4 is 4.72 Å². The van der Waals surface area contributed by atoms with Crippen LogP contribution in [0.5, 0.6) is 0 Å². The molecular weight excluding hydrogens is 305 g/mol. The van der Waals surface area contributed by atoms with Gasteiger partial charge in [0.2, 0.25) is 10.0 Å². The van der Waals surface area contributed by atoms with Gasteiger partial charge in [-0.3, -0.25) is 0 Å². The SMILES string of the molecule is N#CC1(NS(=O)(=O)c2ccccc2C(F)(F)F)CCCC1. The van der Waals surface area contributed by atoms with Crippen LogP contribution in [-0.2, 0) is 16.2 Å². The molecule has 0 aromatic heterocycles. The highest BCUT2D eigenvalue weighted by Gasteiger charge is 2.42. The molecule has 0 amide bonds. The Morgan fingerprint density at radius 3 is 2.29 bits per heavy atom. The Kier molecular flexibility index (Phi) is 4.00. The zero-order valence-electron chi connectivity index (χ0n) is 10.9. The van der Waals surface area contributed by atoms with Gasteiger partial charge in [0.15, 0.2) is 0 Å². The van der Waals surface area contributed by atoms with Gasteiger partial charge in [0, 0.05) is 0 Å². The summed E-state index contributed by atoms with van der Waals surface area (Å²) in [5, 5.41) is 9.16. The number of hydrogen-bond acceptors (Lipinski definition) is 3. The molecule has 0 bridgehead atoms. The molecule has 0 unspecified atom stereocenters. The molecule has 1 aliphatic carbocycles. The predicted octanol–water partition coefficient (Wildman–Crippen LogP) is 2.82. The maximum absolute atomic E-state index is 12.9. The van der Waals surface area contributed by atoms with E-state index < -0.39 is 32.2 Å². The van der Waals surface area contributed by atoms with Crippen molar-refractivity contribution < 1.29 is 21.6 Å². The van der Waals surface area contributed by atoms with Crippen LogP contribution in [0, 0.1) is 11.3 Å². The molecule has 2 rings (SSSR count). The van der Waals surface area contributed by atoms with Crippen molar-refractivity contribution in [2.45, 2.75) is 42.3 Å². The van der Waals surface area contributed by atoms with Crippen LogP contribution in [0.4, 0.5) is 13.2 Å². The lowest BCUT2D eigenvalue weighted by atomic mass is 10.0. The van der Waals surface area contributed by atoms with E-state index in [9.17, 15) is 21.6 Å². The second-order valence-corrected chi connectivity index (χ2v) is 6.65. The van der Waals surface area contributed by atoms with Crippen LogP contribution in [0.25, 0.3) is 0 Å². The van der Waals surface area contributed by atoms with Crippen molar-refractivity contribution in [3.63, 3.8) is 0 Å². The minimum absolute atomic E-state index is 0.302. The third kappa shape index (κ3) is 3.19. The summed E-state index contributed by atoms with van der Waals surface area (Å²) in [5.41, 5.74) is -2.54. The number of hydrogen-bond donors (Lipinski definition) is 1. The molecule has 0 saturated heterocycles. The molecule has 1 aromatic carbocycles. The average molecular weight is 318 g/mol. The zero-order chi connectivity index (χ0) is 15.7. The van der Waals surface area contributed by atoms with Crippen LogP contribution in [0.2, 0.25) is 0 Å². The lowest BCUT2D eigenvalue weighted by molar-refractivity contribution is -0.139. The van der Waals surface area contributed by atoms with E-state index >= 15 is 0 Å². The first-order chi connectivity index (χ1) is 9.70. The second kappa shape index (κ2) is 5.31. The highest BCUT2D eigenvalue weighted by molar-refractivity contribution is 7.89. The number of benzene rings is 1. The molecule has 0 aliphatic heterocycles. The highest BCUT2D eigenvalue weighted by atomic mass is 32.2. The normalized spacial score (nSPS) is 18.4. The smallest absolute Gasteiger partial charge is 0.207 e. The van der Waals surface area contributed by atoms with Gasteiger partial charge in [-0.25, -0.2) is 8.42 Å². The summed E-state index contributed by atoms with van der Waals surface area (Å²) in [6, 6.07) is 5.84. The molecule has 114 valence electrons. The van der Waals surface area contributed by atoms with Crippen molar-refractivity contribution >= 4 is 10.0 Å². The molecule has 1 saturated carbocycles. The fourth-order valence-corrected chi connectivity index (χ4v) is 4.07. The number of sulfonamides is 1. The van der Waals surface area contributed by atoms with E-state index in [2.05, 4.69) is 4.72 Å². The molecule has 21 heavy (non-hydrogen) atoms. The number of nitriles is 1. The van der Waals surface area contributed by atoms with Crippen LogP contribution in [0.3, 0.4) is 0 Å². The molecule has 0 radical (unpaired) electrons. The Bertz CT molecular complexity index is 671. The average Bonchev–Trinajstić information content (AvgIpc) is 2.86. The van der Waals surface area contributed by atoms with Crippen molar-refractivity contribution in [2.24, 2.45) is 0 Å². The second-order valence-electron chi connectivity index (χ2n) is 5.00. The maximum Gasteiger partial charge on any atom is 0.417 e. The van der Waals surface area contributed by atoms with E-state index in [-0.39, 0.29) is 0 Å². The molecule has 0 spiro atoms. The summed E-state index contributed by atoms with van der Waals surface area (Å²) in [4.78, 5) is -0.848. The van der Waals surface area contributed by atoms with Gasteiger partial charge in [0.25, 0.3) is 0 Å². The fraction of sp³-hybridized carbons (Fsp3) is 0.462. The van der Waals surface area contributed by atoms with Gasteiger partial charge >= 0.3 is 6.18 Å². The van der Waals surface area contributed by atoms with E-state index in [4.69, 9.17) is 5.26 Å². The van der Waals surface area contributed by atoms with Gasteiger partial charge in [-0.1, -0.05) is 25.0 Å². The van der Waals surface area contributed by atoms with Gasteiger partial charge < -0.3 is 0 Å². The van der Waals surface area contributed by atoms with Crippen molar-refractivity contribution in [1.82, 2.24) is 4.72 Å². The Morgan fingerprint density at radius 1 is 1.19 bits per heavy atom. The topological polar surface area (TPSA) is 70.0 Å². The summed E-state index contributed by atoms with van der Waals surface area (Å²) in [6.07, 6.45) is -2.84. The monoisotopic (exact) mass is 318 g/mol. The van der Waals surface area contributed by atoms with Gasteiger partial charge in [-0.2, -0.15) is 23.2 Å². The Morgan fingerprint density at radius 2 is 1.76 bits per heavy atom. The number of nitrogens with zero attached hydrogens (tertiary/aromatic N) is 1. The molecule has 0 atom stereocenters. The highest BCUT2D eigenvalue weighted by Crippen LogP contribution is 2.36. The van der Waals surface area contributed by atoms with Crippen molar-refractivity contribution in [1.29, 1.82) is 5.26 Å². The summed E-state index contributed by atoms with van der Waals surface area (Å²) in [5.74, 6) is 0. The number of rotatable bonds is 3. The summed E-state index contributed by atoms with van der Waals surface area (Å²) >= 11 is 0. The molecule has 8 heteroatoms. The van der Waals surface area contributed by atoms with Crippen LogP contribution in [-0.4, -0.2) is 14.0 Å². The quantitative estimate of drug-likeness (QED) is 0.931. The van der Waals surface area contributed by atoms with E-state index in [0.29, 0.717) is 31.7 Å². The van der Waals surface area contributed by atoms with Crippen molar-refractivity contribution in [3.05, 3.63) is 29.8 Å². The van der Waals surface area contributed by atoms with E-state index in [1.165, 1.54) is 6.07 Å². The van der Waals surface area contributed by atoms with Gasteiger partial charge in [0.05, 0.1) is 16.5 Å². The number of halogens is 3. The van der Waals surface area contributed by atoms with E-state index in [1.54, 1.807) is 0 Å². The van der Waals surface area contributed by atoms with Crippen LogP contribution >= 0.6 is 0 Å². The van der Waals surface area contributed by atoms with E-state index in [0.717, 1.165) is 12.1 Å². The first kappa shape index (κ1) is 15.8. The summed E-state index contributed by atoms with van der Waals surface area (Å²) in [7, 11) is -4.42. The third-order valence-electron chi connectivity index (χ3n) is 3.48. The Hall–Kier alpha value is -1.59. The Labute approximate surface area is 120 Å². The first-order valence-corrected chi connectivity index (χ1v) is 7.80. The summed E-state index contributed by atoms with van der Waals surface area (Å²) in [6.45, 7) is 0. The largest absolute Gasteiger partial charge is 0.417 e. The standard InChI is InChI=1S/C13H13F3N2O2S/c14-13(15,16)10-5-1-2-6-11(10)21(19,20)18-12(9-17)7-3-4-8-12/h1-2,5-6,18H,3-4,7-8H2. The molecular formula is C13H13F3N2O2S. The molecule has 1 aliphatic rings. The minimum Gasteiger partial charge on any atom is -0.207 e. The predicted molar refractivity (Wildman–Crippen MR) is 68.6 cm³/mol. The molecule has 0 heterocycles. The molecule has 1 aromatic rings. The molecule has 4 nitrogen and oxygen atoms in total. The van der Waals surface area contributed by atoms with Gasteiger partial charge in [-0.05, 0) is 25.0 Å². The van der Waals surface area contributed by atoms with Crippen molar-refractivity contribution in [2.75, 3.05) is 0 Å². The van der Waals surface area contributed by atoms with Crippen LogP contribution in [0.15, 0.2) is 29.2 Å². The molecule has 1 fully saturated rings. The number of nitrogens with one attached hydrogen (secondary N) is 1. The maximum atomic E-state index is 12.9. The minimum atomic E-state index is -4.78. The first-order valence-electron chi connectivity index (χ1n) is 6.32. The van der Waals surface area contributed by atoms with E-state index in [1.807, 2.05) is 6.07 Å². The molecule has 1 N–H and O–H groups in total. The lowest BCUT2D eigenvalue weighted by Gasteiger charge is -2.23. The number of alkyl halides is 3. The lowest BCUT2D eigenvalue weighted by Crippen LogP contribution is -2.45. The van der Waals surface area contributed by atoms with Crippen molar-refractivity contribution in [3.8, 4) is 6.07 Å². The zero-order valence-corrected chi connectivity index (χ0v) is 11.8. The summed E-state index contributed by atoms with van der Waals surface area (Å²) < 4.78 is 65.4. The Balaban J connectivity index is 2.44.